The van der Waals surface area contributed by atoms with E-state index < -0.39 is 100 Å². The van der Waals surface area contributed by atoms with Crippen LogP contribution in [0.2, 0.25) is 0 Å². The number of carbonyl (C=O) groups excluding carboxylic acids is 2. The third-order valence-electron chi connectivity index (χ3n) is 9.29. The van der Waals surface area contributed by atoms with Crippen molar-refractivity contribution in [1.29, 1.82) is 0 Å². The van der Waals surface area contributed by atoms with Crippen LogP contribution in [-0.2, 0) is 46.6 Å². The zero-order chi connectivity index (χ0) is 39.1. The number of carbonyl (C=O) groups is 2. The molecule has 0 bridgehead atoms. The van der Waals surface area contributed by atoms with Gasteiger partial charge in [0.1, 0.15) is 0 Å². The van der Waals surface area contributed by atoms with E-state index in [4.69, 9.17) is 48.5 Å². The molecule has 2 unspecified atom stereocenters. The second-order valence-electron chi connectivity index (χ2n) is 12.9. The molecular formula is C30H42N4O18P2. The Morgan fingerprint density at radius 1 is 0.722 bits per heavy atom. The fourth-order valence-corrected chi connectivity index (χ4v) is 10.8. The molecule has 0 saturated carbocycles. The molecule has 0 amide bonds. The number of hydrogen-bond acceptors (Lipinski definition) is 22. The molecule has 6 heterocycles. The zero-order valence-electron chi connectivity index (χ0n) is 28.1. The Morgan fingerprint density at radius 2 is 1.07 bits per heavy atom. The average Bonchev–Trinajstić information content (AvgIpc) is 3.52. The fraction of sp³-hybridized carbons (Fsp3) is 0.533. The molecule has 0 radical (unpaired) electrons. The Labute approximate surface area is 306 Å². The quantitative estimate of drug-likeness (QED) is 0.0644. The van der Waals surface area contributed by atoms with Gasteiger partial charge in [-0.3, -0.25) is 0 Å². The maximum absolute atomic E-state index is 12.6. The third kappa shape index (κ3) is 7.91. The van der Waals surface area contributed by atoms with Gasteiger partial charge in [-0.2, -0.15) is 0 Å². The topological polar surface area (TPSA) is 348 Å². The normalized spacial score (nSPS) is 38.6. The molecule has 54 heavy (non-hydrogen) atoms. The van der Waals surface area contributed by atoms with Crippen LogP contribution in [0.1, 0.15) is 36.2 Å². The van der Waals surface area contributed by atoms with Gasteiger partial charge in [0, 0.05) is 0 Å². The van der Waals surface area contributed by atoms with Crippen molar-refractivity contribution in [3.8, 4) is 0 Å². The van der Waals surface area contributed by atoms with Crippen LogP contribution in [0.5, 0.6) is 0 Å². The number of ether oxygens (including phenoxy) is 4. The van der Waals surface area contributed by atoms with E-state index in [2.05, 4.69) is 9.97 Å². The molecule has 4 saturated heterocycles. The summed E-state index contributed by atoms with van der Waals surface area (Å²) in [6.07, 6.45) is -6.55. The Hall–Kier alpha value is -2.80. The van der Waals surface area contributed by atoms with E-state index in [1.165, 1.54) is 24.8 Å². The summed E-state index contributed by atoms with van der Waals surface area (Å²) in [5.74, 6) is -7.25. The fourth-order valence-electron chi connectivity index (χ4n) is 6.30. The van der Waals surface area contributed by atoms with Gasteiger partial charge in [0.15, 0.2) is 0 Å². The first-order valence-electron chi connectivity index (χ1n) is 16.5. The van der Waals surface area contributed by atoms with Gasteiger partial charge in [0.25, 0.3) is 0 Å². The molecule has 0 aromatic carbocycles. The van der Waals surface area contributed by atoms with Crippen molar-refractivity contribution in [3.05, 3.63) is 72.3 Å². The van der Waals surface area contributed by atoms with Gasteiger partial charge in [-0.15, -0.1) is 0 Å². The number of pyridine rings is 2. The number of hydrogen-bond donors (Lipinski definition) is 10. The first-order valence-corrected chi connectivity index (χ1v) is 20.2. The van der Waals surface area contributed by atoms with Crippen molar-refractivity contribution in [3.63, 3.8) is 0 Å². The number of aromatic nitrogens is 2. The van der Waals surface area contributed by atoms with E-state index in [0.29, 0.717) is 23.3 Å². The summed E-state index contributed by atoms with van der Waals surface area (Å²) in [7, 11) is -9.35. The van der Waals surface area contributed by atoms with Crippen LogP contribution < -0.4 is 11.5 Å². The zero-order valence-corrected chi connectivity index (χ0v) is 30.1. The summed E-state index contributed by atoms with van der Waals surface area (Å²) in [4.78, 5) is 55.3. The first kappa shape index (κ1) is 40.9. The molecule has 24 heteroatoms. The summed E-state index contributed by atoms with van der Waals surface area (Å²) in [5, 5.41) is 64.7. The Kier molecular flexibility index (Phi) is 12.1. The summed E-state index contributed by atoms with van der Waals surface area (Å²) >= 11 is 0. The number of rotatable bonds is 10. The number of nitrogens with two attached hydrogens (primary N) is 2. The predicted octanol–water partition coefficient (Wildman–Crippen LogP) is -3.15. The van der Waals surface area contributed by atoms with E-state index in [9.17, 15) is 50.0 Å². The van der Waals surface area contributed by atoms with Crippen LogP contribution in [0, 0.1) is 0 Å². The Bertz CT molecular complexity index is 1560. The second-order valence-corrected chi connectivity index (χ2v) is 17.5. The SMILES string of the molecule is N[C@]1(C(O)[PH]2(O)OCC[C@@H](c3ccncc3)O2)O[C@@H](OC(=O)/C=C\C(=O)O[C@@H]2O[C@](N)(C(O)[PH]3(O)OCC[C@@H](c4ccncc4)O3)[C@@H](O)[C@@H]2O)[C@@H](O)[C@@H]1O. The van der Waals surface area contributed by atoms with E-state index in [1.807, 2.05) is 0 Å². The van der Waals surface area contributed by atoms with Crippen molar-refractivity contribution in [1.82, 2.24) is 9.97 Å². The number of nitrogens with zero attached hydrogens (tertiary/aromatic N) is 2. The van der Waals surface area contributed by atoms with Gasteiger partial charge in [-0.05, 0) is 0 Å². The first-order chi connectivity index (χ1) is 25.5. The molecule has 12 atom stereocenters. The molecule has 6 rings (SSSR count). The number of esters is 2. The van der Waals surface area contributed by atoms with Crippen LogP contribution in [0.25, 0.3) is 0 Å². The Balaban J connectivity index is 1.04. The maximum atomic E-state index is 12.6. The standard InChI is InChI=1S/C30H42N4O18P2/c31-29(27(41)53(43)45-13-7-17(51-53)15-3-9-33-10-4-15)23(39)21(37)25(49-29)47-19(35)1-2-20(36)48-26-22(38)24(40)30(32,50-26)28(42)54(44)46-14-8-18(52-54)16-5-11-34-12-6-16/h1-6,9-12,17-18,21-28,37-44,53-54H,7-8,13-14,31-32H2/b2-1-/t17-,18-,21-,22-,23-,24-,25+,26+,27?,28?,29-,30-/m0/s1. The summed E-state index contributed by atoms with van der Waals surface area (Å²) in [6, 6.07) is 6.48. The molecule has 12 N–H and O–H groups in total. The van der Waals surface area contributed by atoms with E-state index in [-0.39, 0.29) is 26.1 Å². The van der Waals surface area contributed by atoms with Crippen LogP contribution in [0.4, 0.5) is 0 Å². The molecule has 4 fully saturated rings. The molecule has 0 spiro atoms. The van der Waals surface area contributed by atoms with Crippen molar-refractivity contribution >= 4 is 27.8 Å². The summed E-state index contributed by atoms with van der Waals surface area (Å²) in [6.45, 7) is -0.147. The average molecular weight is 809 g/mol. The van der Waals surface area contributed by atoms with Gasteiger partial charge in [-0.1, -0.05) is 0 Å². The van der Waals surface area contributed by atoms with Crippen LogP contribution in [0.15, 0.2) is 61.2 Å². The molecule has 2 aromatic rings. The van der Waals surface area contributed by atoms with Crippen molar-refractivity contribution in [2.75, 3.05) is 13.2 Å². The van der Waals surface area contributed by atoms with Crippen molar-refractivity contribution in [2.45, 2.75) is 85.2 Å². The minimum absolute atomic E-state index is 0.0737. The molecule has 2 aromatic heterocycles. The monoisotopic (exact) mass is 808 g/mol. The van der Waals surface area contributed by atoms with Crippen LogP contribution in [0.3, 0.4) is 0 Å². The van der Waals surface area contributed by atoms with Gasteiger partial charge in [0.05, 0.1) is 0 Å². The molecular weight excluding hydrogens is 766 g/mol. The van der Waals surface area contributed by atoms with Crippen LogP contribution >= 0.6 is 15.9 Å². The minimum atomic E-state index is -4.68. The van der Waals surface area contributed by atoms with E-state index in [0.717, 1.165) is 0 Å². The molecule has 4 aliphatic rings. The number of aliphatic hydroxyl groups excluding tert-OH is 6. The molecule has 300 valence electrons. The third-order valence-corrected chi connectivity index (χ3v) is 14.1. The predicted molar refractivity (Wildman–Crippen MR) is 179 cm³/mol. The molecule has 0 aliphatic carbocycles. The molecule has 22 nitrogen and oxygen atoms in total. The van der Waals surface area contributed by atoms with Gasteiger partial charge >= 0.3 is 307 Å². The Morgan fingerprint density at radius 3 is 1.43 bits per heavy atom. The summed E-state index contributed by atoms with van der Waals surface area (Å²) in [5.41, 5.74) is 8.05. The summed E-state index contributed by atoms with van der Waals surface area (Å²) < 4.78 is 42.7. The van der Waals surface area contributed by atoms with Crippen molar-refractivity contribution in [2.24, 2.45) is 11.5 Å². The van der Waals surface area contributed by atoms with Gasteiger partial charge < -0.3 is 0 Å². The number of aliphatic hydroxyl groups is 6. The molecule has 4 aliphatic heterocycles. The second kappa shape index (κ2) is 16.0. The van der Waals surface area contributed by atoms with Gasteiger partial charge in [-0.25, -0.2) is 0 Å². The van der Waals surface area contributed by atoms with Crippen molar-refractivity contribution < 1.29 is 87.1 Å². The van der Waals surface area contributed by atoms with Crippen LogP contribution in [-0.4, -0.2) is 136 Å². The van der Waals surface area contributed by atoms with E-state index in [1.54, 1.807) is 24.3 Å². The van der Waals surface area contributed by atoms with E-state index >= 15 is 0 Å². The van der Waals surface area contributed by atoms with Gasteiger partial charge in [0.2, 0.25) is 0 Å².